The van der Waals surface area contributed by atoms with Crippen LogP contribution in [0.15, 0.2) is 30.9 Å². The summed E-state index contributed by atoms with van der Waals surface area (Å²) in [6.07, 6.45) is 3.72. The topological polar surface area (TPSA) is 40.5 Å². The lowest BCUT2D eigenvalue weighted by Crippen LogP contribution is -2.33. The normalized spacial score (nSPS) is 14.4. The highest BCUT2D eigenvalue weighted by molar-refractivity contribution is 6.31. The molecule has 3 nitrogen and oxygen atoms in total. The third-order valence-electron chi connectivity index (χ3n) is 2.76. The molecule has 2 rings (SSSR count). The van der Waals surface area contributed by atoms with E-state index in [-0.39, 0.29) is 23.3 Å². The van der Waals surface area contributed by atoms with Crippen molar-refractivity contribution in [2.75, 3.05) is 6.54 Å². The summed E-state index contributed by atoms with van der Waals surface area (Å²) in [5.41, 5.74) is 0.256. The highest BCUT2D eigenvalue weighted by Crippen LogP contribution is 2.30. The van der Waals surface area contributed by atoms with Gasteiger partial charge in [-0.1, -0.05) is 17.7 Å². The molecule has 1 N–H and O–H groups in total. The summed E-state index contributed by atoms with van der Waals surface area (Å²) in [7, 11) is 0. The summed E-state index contributed by atoms with van der Waals surface area (Å²) in [6, 6.07) is 4.77. The molecule has 1 aromatic rings. The van der Waals surface area contributed by atoms with Crippen LogP contribution in [0.5, 0.6) is 5.75 Å². The summed E-state index contributed by atoms with van der Waals surface area (Å²) < 4.78 is 0. The Morgan fingerprint density at radius 2 is 2.29 bits per heavy atom. The lowest BCUT2D eigenvalue weighted by atomic mass is 10.1. The zero-order valence-corrected chi connectivity index (χ0v) is 10.2. The molecule has 0 aliphatic heterocycles. The quantitative estimate of drug-likeness (QED) is 0.836. The summed E-state index contributed by atoms with van der Waals surface area (Å²) in [5, 5.41) is 10.1. The first-order valence-electron chi connectivity index (χ1n) is 5.54. The fourth-order valence-electron chi connectivity index (χ4n) is 1.76. The van der Waals surface area contributed by atoms with E-state index in [0.717, 1.165) is 12.8 Å². The predicted molar refractivity (Wildman–Crippen MR) is 67.4 cm³/mol. The monoisotopic (exact) mass is 251 g/mol. The van der Waals surface area contributed by atoms with Gasteiger partial charge in [-0.25, -0.2) is 0 Å². The lowest BCUT2D eigenvalue weighted by Gasteiger charge is -2.21. The third kappa shape index (κ3) is 2.61. The molecule has 0 spiro atoms. The van der Waals surface area contributed by atoms with Crippen molar-refractivity contribution < 1.29 is 9.90 Å². The molecule has 90 valence electrons. The molecular weight excluding hydrogens is 238 g/mol. The van der Waals surface area contributed by atoms with Crippen LogP contribution in [0.2, 0.25) is 5.02 Å². The second-order valence-electron chi connectivity index (χ2n) is 4.14. The van der Waals surface area contributed by atoms with Gasteiger partial charge in [0.2, 0.25) is 0 Å². The van der Waals surface area contributed by atoms with E-state index in [2.05, 4.69) is 6.58 Å². The van der Waals surface area contributed by atoms with Gasteiger partial charge in [-0.2, -0.15) is 0 Å². The van der Waals surface area contributed by atoms with Gasteiger partial charge in [0, 0.05) is 17.6 Å². The Hall–Kier alpha value is -1.48. The predicted octanol–water partition coefficient (Wildman–Crippen LogP) is 2.84. The second-order valence-corrected chi connectivity index (χ2v) is 4.58. The number of benzene rings is 1. The first-order valence-corrected chi connectivity index (χ1v) is 5.91. The Morgan fingerprint density at radius 1 is 1.59 bits per heavy atom. The van der Waals surface area contributed by atoms with Gasteiger partial charge in [-0.15, -0.1) is 6.58 Å². The SMILES string of the molecule is C=CCN(C(=O)c1cc(Cl)ccc1O)C1CC1. The van der Waals surface area contributed by atoms with Crippen LogP contribution in [0, 0.1) is 0 Å². The molecule has 1 aliphatic carbocycles. The molecule has 0 atom stereocenters. The fourth-order valence-corrected chi connectivity index (χ4v) is 1.93. The van der Waals surface area contributed by atoms with Gasteiger partial charge >= 0.3 is 0 Å². The number of hydrogen-bond acceptors (Lipinski definition) is 2. The van der Waals surface area contributed by atoms with Crippen LogP contribution >= 0.6 is 11.6 Å². The maximum absolute atomic E-state index is 12.2. The average Bonchev–Trinajstić information content (AvgIpc) is 3.12. The Labute approximate surface area is 105 Å². The van der Waals surface area contributed by atoms with E-state index in [1.54, 1.807) is 17.0 Å². The van der Waals surface area contributed by atoms with E-state index in [4.69, 9.17) is 11.6 Å². The van der Waals surface area contributed by atoms with Gasteiger partial charge < -0.3 is 10.0 Å². The second kappa shape index (κ2) is 4.80. The lowest BCUT2D eigenvalue weighted by molar-refractivity contribution is 0.0759. The summed E-state index contributed by atoms with van der Waals surface area (Å²) in [5.74, 6) is -0.221. The molecule has 0 aromatic heterocycles. The van der Waals surface area contributed by atoms with Crippen molar-refractivity contribution in [3.05, 3.63) is 41.4 Å². The van der Waals surface area contributed by atoms with E-state index in [9.17, 15) is 9.90 Å². The minimum atomic E-state index is -0.188. The highest BCUT2D eigenvalue weighted by Gasteiger charge is 2.33. The highest BCUT2D eigenvalue weighted by atomic mass is 35.5. The molecule has 1 fully saturated rings. The number of hydrogen-bond donors (Lipinski definition) is 1. The molecule has 1 aliphatic rings. The molecule has 0 heterocycles. The number of nitrogens with zero attached hydrogens (tertiary/aromatic N) is 1. The first-order chi connectivity index (χ1) is 8.13. The van der Waals surface area contributed by atoms with Crippen molar-refractivity contribution in [1.82, 2.24) is 4.90 Å². The van der Waals surface area contributed by atoms with Gasteiger partial charge in [0.15, 0.2) is 0 Å². The van der Waals surface area contributed by atoms with Crippen LogP contribution in [-0.2, 0) is 0 Å². The smallest absolute Gasteiger partial charge is 0.258 e. The molecule has 0 saturated heterocycles. The van der Waals surface area contributed by atoms with Crippen LogP contribution in [-0.4, -0.2) is 28.5 Å². The van der Waals surface area contributed by atoms with Crippen LogP contribution in [0.1, 0.15) is 23.2 Å². The van der Waals surface area contributed by atoms with Gasteiger partial charge in [0.1, 0.15) is 5.75 Å². The van der Waals surface area contributed by atoms with Crippen LogP contribution < -0.4 is 0 Å². The number of phenolic OH excluding ortho intramolecular Hbond substituents is 1. The molecule has 1 saturated carbocycles. The summed E-state index contributed by atoms with van der Waals surface area (Å²) in [4.78, 5) is 14.0. The standard InChI is InChI=1S/C13H14ClNO2/c1-2-7-15(10-4-5-10)13(17)11-8-9(14)3-6-12(11)16/h2-3,6,8,10,16H,1,4-5,7H2. The summed E-state index contributed by atoms with van der Waals surface area (Å²) in [6.45, 7) is 4.14. The zero-order valence-electron chi connectivity index (χ0n) is 9.40. The van der Waals surface area contributed by atoms with E-state index in [1.807, 2.05) is 0 Å². The van der Waals surface area contributed by atoms with Crippen LogP contribution in [0.4, 0.5) is 0 Å². The van der Waals surface area contributed by atoms with Gasteiger partial charge in [-0.05, 0) is 31.0 Å². The van der Waals surface area contributed by atoms with Crippen molar-refractivity contribution >= 4 is 17.5 Å². The van der Waals surface area contributed by atoms with Gasteiger partial charge in [0.25, 0.3) is 5.91 Å². The van der Waals surface area contributed by atoms with E-state index in [0.29, 0.717) is 11.6 Å². The van der Waals surface area contributed by atoms with E-state index < -0.39 is 0 Å². The molecule has 0 bridgehead atoms. The van der Waals surface area contributed by atoms with E-state index in [1.165, 1.54) is 12.1 Å². The number of phenols is 1. The first kappa shape index (κ1) is 12.0. The number of aromatic hydroxyl groups is 1. The summed E-state index contributed by atoms with van der Waals surface area (Å²) >= 11 is 5.84. The Bertz CT molecular complexity index is 455. The van der Waals surface area contributed by atoms with Crippen molar-refractivity contribution in [3.8, 4) is 5.75 Å². The number of rotatable bonds is 4. The van der Waals surface area contributed by atoms with Crippen molar-refractivity contribution in [2.45, 2.75) is 18.9 Å². The largest absolute Gasteiger partial charge is 0.507 e. The molecule has 0 radical (unpaired) electrons. The van der Waals surface area contributed by atoms with Crippen LogP contribution in [0.25, 0.3) is 0 Å². The Kier molecular flexibility index (Phi) is 3.38. The number of halogens is 1. The van der Waals surface area contributed by atoms with Gasteiger partial charge in [-0.3, -0.25) is 4.79 Å². The van der Waals surface area contributed by atoms with E-state index >= 15 is 0 Å². The number of carbonyl (C=O) groups is 1. The van der Waals surface area contributed by atoms with Crippen molar-refractivity contribution in [3.63, 3.8) is 0 Å². The van der Waals surface area contributed by atoms with Gasteiger partial charge in [0.05, 0.1) is 5.56 Å². The fraction of sp³-hybridized carbons (Fsp3) is 0.308. The molecule has 0 unspecified atom stereocenters. The van der Waals surface area contributed by atoms with Crippen molar-refractivity contribution in [2.24, 2.45) is 0 Å². The third-order valence-corrected chi connectivity index (χ3v) is 3.00. The number of carbonyl (C=O) groups excluding carboxylic acids is 1. The Morgan fingerprint density at radius 3 is 2.88 bits per heavy atom. The minimum Gasteiger partial charge on any atom is -0.507 e. The number of amides is 1. The average molecular weight is 252 g/mol. The maximum Gasteiger partial charge on any atom is 0.258 e. The molecule has 17 heavy (non-hydrogen) atoms. The molecule has 1 amide bonds. The maximum atomic E-state index is 12.2. The van der Waals surface area contributed by atoms with Crippen LogP contribution in [0.3, 0.4) is 0 Å². The molecular formula is C13H14ClNO2. The zero-order chi connectivity index (χ0) is 12.4. The molecule has 1 aromatic carbocycles. The minimum absolute atomic E-state index is 0.0332. The molecule has 4 heteroatoms. The Balaban J connectivity index is 2.27. The van der Waals surface area contributed by atoms with Crippen molar-refractivity contribution in [1.29, 1.82) is 0 Å².